The van der Waals surface area contributed by atoms with Crippen LogP contribution in [0, 0.1) is 5.92 Å². The molecule has 0 radical (unpaired) electrons. The van der Waals surface area contributed by atoms with Crippen molar-refractivity contribution in [1.29, 1.82) is 0 Å². The number of nitrogens with zero attached hydrogens (tertiary/aromatic N) is 1. The van der Waals surface area contributed by atoms with Crippen molar-refractivity contribution in [3.8, 4) is 0 Å². The van der Waals surface area contributed by atoms with Crippen LogP contribution in [-0.4, -0.2) is 44.8 Å². The molecule has 21 heavy (non-hydrogen) atoms. The van der Waals surface area contributed by atoms with E-state index in [1.165, 1.54) is 37.1 Å². The first-order chi connectivity index (χ1) is 10.3. The summed E-state index contributed by atoms with van der Waals surface area (Å²) in [5.74, 6) is 0.834. The summed E-state index contributed by atoms with van der Waals surface area (Å²) in [5, 5.41) is 3.49. The molecule has 1 aromatic rings. The second kappa shape index (κ2) is 9.19. The average molecular weight is 290 g/mol. The van der Waals surface area contributed by atoms with Gasteiger partial charge in [-0.2, -0.15) is 0 Å². The Balaban J connectivity index is 1.66. The summed E-state index contributed by atoms with van der Waals surface area (Å²) in [7, 11) is 1.76. The number of hydrogen-bond donors (Lipinski definition) is 1. The van der Waals surface area contributed by atoms with Gasteiger partial charge in [0.25, 0.3) is 0 Å². The molecule has 1 fully saturated rings. The monoisotopic (exact) mass is 290 g/mol. The quantitative estimate of drug-likeness (QED) is 0.745. The molecule has 1 N–H and O–H groups in total. The highest BCUT2D eigenvalue weighted by Gasteiger charge is 2.18. The molecule has 1 aromatic carbocycles. The first-order valence-electron chi connectivity index (χ1n) is 8.31. The summed E-state index contributed by atoms with van der Waals surface area (Å²) in [6, 6.07) is 9.11. The zero-order chi connectivity index (χ0) is 14.9. The minimum Gasteiger partial charge on any atom is -0.383 e. The summed E-state index contributed by atoms with van der Waals surface area (Å²) in [6.45, 7) is 8.70. The van der Waals surface area contributed by atoms with E-state index in [0.717, 1.165) is 38.6 Å². The Labute approximate surface area is 129 Å². The molecular weight excluding hydrogens is 260 g/mol. The van der Waals surface area contributed by atoms with Crippen LogP contribution in [0.3, 0.4) is 0 Å². The molecule has 1 saturated heterocycles. The fraction of sp³-hybridized carbons (Fsp3) is 0.667. The zero-order valence-electron chi connectivity index (χ0n) is 13.6. The standard InChI is InChI=1S/C18H30N2O/c1-3-16-4-6-18(7-5-16)15-20-11-8-17(9-12-20)14-19-10-13-21-2/h4-7,17,19H,3,8-15H2,1-2H3. The molecule has 0 aromatic heterocycles. The van der Waals surface area contributed by atoms with E-state index in [1.54, 1.807) is 7.11 Å². The van der Waals surface area contributed by atoms with Gasteiger partial charge >= 0.3 is 0 Å². The van der Waals surface area contributed by atoms with E-state index in [0.29, 0.717) is 0 Å². The van der Waals surface area contributed by atoms with E-state index in [-0.39, 0.29) is 0 Å². The molecule has 0 atom stereocenters. The molecule has 0 amide bonds. The average Bonchev–Trinajstić information content (AvgIpc) is 2.54. The summed E-state index contributed by atoms with van der Waals surface area (Å²) < 4.78 is 5.06. The lowest BCUT2D eigenvalue weighted by Crippen LogP contribution is -2.37. The molecule has 0 aliphatic carbocycles. The normalized spacial score (nSPS) is 17.2. The largest absolute Gasteiger partial charge is 0.383 e. The number of ether oxygens (including phenoxy) is 1. The predicted molar refractivity (Wildman–Crippen MR) is 88.6 cm³/mol. The van der Waals surface area contributed by atoms with Crippen LogP contribution >= 0.6 is 0 Å². The Morgan fingerprint density at radius 1 is 1.14 bits per heavy atom. The van der Waals surface area contributed by atoms with E-state index in [2.05, 4.69) is 41.4 Å². The lowest BCUT2D eigenvalue weighted by molar-refractivity contribution is 0.168. The number of likely N-dealkylation sites (tertiary alicyclic amines) is 1. The molecule has 0 spiro atoms. The van der Waals surface area contributed by atoms with Gasteiger partial charge in [0.15, 0.2) is 0 Å². The van der Waals surface area contributed by atoms with Crippen LogP contribution in [0.1, 0.15) is 30.9 Å². The van der Waals surface area contributed by atoms with Crippen LogP contribution in [-0.2, 0) is 17.7 Å². The Morgan fingerprint density at radius 2 is 1.81 bits per heavy atom. The van der Waals surface area contributed by atoms with E-state index >= 15 is 0 Å². The Kier molecular flexibility index (Phi) is 7.20. The van der Waals surface area contributed by atoms with Gasteiger partial charge in [0.05, 0.1) is 6.61 Å². The molecule has 3 heteroatoms. The number of nitrogens with one attached hydrogen (secondary N) is 1. The first kappa shape index (κ1) is 16.5. The fourth-order valence-electron chi connectivity index (χ4n) is 2.97. The van der Waals surface area contributed by atoms with E-state index in [4.69, 9.17) is 4.74 Å². The SMILES string of the molecule is CCc1ccc(CN2CCC(CNCCOC)CC2)cc1. The molecule has 0 unspecified atom stereocenters. The Bertz CT molecular complexity index is 383. The minimum absolute atomic E-state index is 0.812. The highest BCUT2D eigenvalue weighted by Crippen LogP contribution is 2.18. The summed E-state index contributed by atoms with van der Waals surface area (Å²) in [6.07, 6.45) is 3.75. The smallest absolute Gasteiger partial charge is 0.0587 e. The topological polar surface area (TPSA) is 24.5 Å². The van der Waals surface area contributed by atoms with Gasteiger partial charge in [0, 0.05) is 20.2 Å². The molecule has 0 bridgehead atoms. The third-order valence-electron chi connectivity index (χ3n) is 4.46. The van der Waals surface area contributed by atoms with Crippen LogP contribution in [0.5, 0.6) is 0 Å². The number of rotatable bonds is 8. The number of aryl methyl sites for hydroxylation is 1. The number of hydrogen-bond acceptors (Lipinski definition) is 3. The molecule has 1 aliphatic heterocycles. The van der Waals surface area contributed by atoms with E-state index < -0.39 is 0 Å². The number of benzene rings is 1. The maximum atomic E-state index is 5.06. The van der Waals surface area contributed by atoms with Gasteiger partial charge < -0.3 is 10.1 Å². The van der Waals surface area contributed by atoms with Crippen molar-refractivity contribution in [2.24, 2.45) is 5.92 Å². The maximum Gasteiger partial charge on any atom is 0.0587 e. The molecule has 0 saturated carbocycles. The number of piperidine rings is 1. The fourth-order valence-corrected chi connectivity index (χ4v) is 2.97. The van der Waals surface area contributed by atoms with Crippen molar-refractivity contribution >= 4 is 0 Å². The molecule has 3 nitrogen and oxygen atoms in total. The van der Waals surface area contributed by atoms with E-state index in [1.807, 2.05) is 0 Å². The van der Waals surface area contributed by atoms with Crippen LogP contribution in [0.2, 0.25) is 0 Å². The zero-order valence-corrected chi connectivity index (χ0v) is 13.6. The van der Waals surface area contributed by atoms with Gasteiger partial charge in [0.1, 0.15) is 0 Å². The second-order valence-corrected chi connectivity index (χ2v) is 6.09. The van der Waals surface area contributed by atoms with Crippen molar-refractivity contribution in [2.75, 3.05) is 39.9 Å². The van der Waals surface area contributed by atoms with Gasteiger partial charge in [-0.3, -0.25) is 4.90 Å². The highest BCUT2D eigenvalue weighted by molar-refractivity contribution is 5.22. The van der Waals surface area contributed by atoms with Crippen molar-refractivity contribution in [1.82, 2.24) is 10.2 Å². The van der Waals surface area contributed by atoms with Crippen molar-refractivity contribution < 1.29 is 4.74 Å². The molecule has 1 heterocycles. The van der Waals surface area contributed by atoms with E-state index in [9.17, 15) is 0 Å². The van der Waals surface area contributed by atoms with Gasteiger partial charge in [-0.05, 0) is 55.9 Å². The van der Waals surface area contributed by atoms with Crippen LogP contribution in [0.15, 0.2) is 24.3 Å². The highest BCUT2D eigenvalue weighted by atomic mass is 16.5. The maximum absolute atomic E-state index is 5.06. The molecule has 1 aliphatic rings. The summed E-state index contributed by atoms with van der Waals surface area (Å²) in [4.78, 5) is 2.59. The van der Waals surface area contributed by atoms with Gasteiger partial charge in [0.2, 0.25) is 0 Å². The summed E-state index contributed by atoms with van der Waals surface area (Å²) >= 11 is 0. The molecule has 2 rings (SSSR count). The van der Waals surface area contributed by atoms with Crippen molar-refractivity contribution in [2.45, 2.75) is 32.7 Å². The lowest BCUT2D eigenvalue weighted by atomic mass is 9.96. The van der Waals surface area contributed by atoms with Gasteiger partial charge in [-0.25, -0.2) is 0 Å². The van der Waals surface area contributed by atoms with Gasteiger partial charge in [-0.1, -0.05) is 31.2 Å². The first-order valence-corrected chi connectivity index (χ1v) is 8.31. The second-order valence-electron chi connectivity index (χ2n) is 6.09. The predicted octanol–water partition coefficient (Wildman–Crippen LogP) is 2.70. The summed E-state index contributed by atoms with van der Waals surface area (Å²) in [5.41, 5.74) is 2.88. The van der Waals surface area contributed by atoms with Crippen LogP contribution in [0.4, 0.5) is 0 Å². The Morgan fingerprint density at radius 3 is 2.43 bits per heavy atom. The Hall–Kier alpha value is -0.900. The third-order valence-corrected chi connectivity index (χ3v) is 4.46. The third kappa shape index (κ3) is 5.77. The lowest BCUT2D eigenvalue weighted by Gasteiger charge is -2.32. The van der Waals surface area contributed by atoms with Crippen molar-refractivity contribution in [3.63, 3.8) is 0 Å². The van der Waals surface area contributed by atoms with Crippen molar-refractivity contribution in [3.05, 3.63) is 35.4 Å². The molecular formula is C18H30N2O. The van der Waals surface area contributed by atoms with Crippen LogP contribution in [0.25, 0.3) is 0 Å². The number of methoxy groups -OCH3 is 1. The van der Waals surface area contributed by atoms with Crippen LogP contribution < -0.4 is 5.32 Å². The molecule has 118 valence electrons. The van der Waals surface area contributed by atoms with Gasteiger partial charge in [-0.15, -0.1) is 0 Å². The minimum atomic E-state index is 0.812.